The molecule has 0 saturated heterocycles. The largest absolute Gasteiger partial charge is 0.352 e. The summed E-state index contributed by atoms with van der Waals surface area (Å²) in [4.78, 5) is 14.1. The van der Waals surface area contributed by atoms with Crippen molar-refractivity contribution in [1.82, 2.24) is 5.32 Å². The Bertz CT molecular complexity index is 828. The van der Waals surface area contributed by atoms with E-state index in [1.165, 1.54) is 21.6 Å². The Morgan fingerprint density at radius 1 is 0.719 bits per heavy atom. The van der Waals surface area contributed by atoms with E-state index in [1.807, 2.05) is 6.92 Å². The lowest BCUT2D eigenvalue weighted by Gasteiger charge is -2.29. The molecule has 0 fully saturated rings. The van der Waals surface area contributed by atoms with E-state index in [0.717, 1.165) is 4.88 Å². The molecule has 0 unspecified atom stereocenters. The average molecular weight is 458 g/mol. The number of rotatable bonds is 2. The maximum absolute atomic E-state index is 12.0. The molecule has 1 aromatic carbocycles. The number of hydrogen-bond donors (Lipinski definition) is 1. The van der Waals surface area contributed by atoms with Crippen LogP contribution >= 0.6 is 11.3 Å². The Labute approximate surface area is 202 Å². The summed E-state index contributed by atoms with van der Waals surface area (Å²) in [6.07, 6.45) is 0. The van der Waals surface area contributed by atoms with Gasteiger partial charge in [0.15, 0.2) is 0 Å². The van der Waals surface area contributed by atoms with Crippen LogP contribution in [0.15, 0.2) is 30.3 Å². The fourth-order valence-corrected chi connectivity index (χ4v) is 5.00. The van der Waals surface area contributed by atoms with Gasteiger partial charge in [-0.1, -0.05) is 107 Å². The molecular weight excluding hydrogens is 410 g/mol. The molecule has 1 heterocycles. The molecule has 1 aromatic heterocycles. The molecule has 3 heteroatoms. The molecule has 2 aromatic rings. The molecule has 0 atom stereocenters. The third-order valence-corrected chi connectivity index (χ3v) is 6.89. The SMILES string of the molecule is CC(C)(C)c1ccccc1C(C)(C)C.CCNC(=O)c1cc(C(C)(C)C)c(C(C)(C)C)s1. The minimum Gasteiger partial charge on any atom is -0.352 e. The number of hydrogen-bond acceptors (Lipinski definition) is 2. The van der Waals surface area contributed by atoms with Crippen LogP contribution < -0.4 is 5.32 Å². The lowest BCUT2D eigenvalue weighted by atomic mass is 9.75. The van der Waals surface area contributed by atoms with Crippen molar-refractivity contribution in [1.29, 1.82) is 0 Å². The standard InChI is InChI=1S/C15H25NOS.C14H22/c1-8-16-13(17)11-9-10(14(2,3)4)12(18-11)15(5,6)7;1-13(2,3)11-9-7-8-10-12(11)14(4,5)6/h9H,8H2,1-7H3,(H,16,17);7-10H,1-6H3. The van der Waals surface area contributed by atoms with Crippen LogP contribution in [0, 0.1) is 0 Å². The number of thiophene rings is 1. The second kappa shape index (κ2) is 10.1. The van der Waals surface area contributed by atoms with E-state index >= 15 is 0 Å². The first kappa shape index (κ1) is 28.4. The second-order valence-electron chi connectivity index (χ2n) is 12.8. The zero-order valence-electron chi connectivity index (χ0n) is 22.9. The van der Waals surface area contributed by atoms with Crippen molar-refractivity contribution in [3.63, 3.8) is 0 Å². The van der Waals surface area contributed by atoms with Crippen LogP contribution in [0.4, 0.5) is 0 Å². The van der Waals surface area contributed by atoms with Crippen LogP contribution in [0.3, 0.4) is 0 Å². The first-order valence-electron chi connectivity index (χ1n) is 11.8. The number of benzene rings is 1. The molecule has 0 aliphatic carbocycles. The normalized spacial score (nSPS) is 12.8. The Morgan fingerprint density at radius 3 is 1.41 bits per heavy atom. The van der Waals surface area contributed by atoms with E-state index in [0.29, 0.717) is 6.54 Å². The first-order valence-corrected chi connectivity index (χ1v) is 12.6. The Balaban J connectivity index is 0.000000330. The minimum atomic E-state index is 0.0449. The molecule has 180 valence electrons. The highest BCUT2D eigenvalue weighted by molar-refractivity contribution is 7.14. The van der Waals surface area contributed by atoms with Gasteiger partial charge in [0.05, 0.1) is 4.88 Å². The molecule has 1 amide bonds. The minimum absolute atomic E-state index is 0.0449. The summed E-state index contributed by atoms with van der Waals surface area (Å²) >= 11 is 1.63. The molecule has 2 nitrogen and oxygen atoms in total. The van der Waals surface area contributed by atoms with E-state index in [9.17, 15) is 4.79 Å². The van der Waals surface area contributed by atoms with Crippen LogP contribution in [0.1, 0.15) is 121 Å². The topological polar surface area (TPSA) is 29.1 Å². The molecule has 0 aliphatic heterocycles. The van der Waals surface area contributed by atoms with Gasteiger partial charge >= 0.3 is 0 Å². The Morgan fingerprint density at radius 2 is 1.12 bits per heavy atom. The van der Waals surface area contributed by atoms with Gasteiger partial charge < -0.3 is 5.32 Å². The van der Waals surface area contributed by atoms with Crippen LogP contribution in [0.5, 0.6) is 0 Å². The molecule has 1 N–H and O–H groups in total. The number of amides is 1. The van der Waals surface area contributed by atoms with Crippen molar-refractivity contribution >= 4 is 17.2 Å². The molecule has 0 saturated carbocycles. The summed E-state index contributed by atoms with van der Waals surface area (Å²) < 4.78 is 0. The molecule has 32 heavy (non-hydrogen) atoms. The monoisotopic (exact) mass is 457 g/mol. The molecule has 0 spiro atoms. The lowest BCUT2D eigenvalue weighted by molar-refractivity contribution is 0.0960. The lowest BCUT2D eigenvalue weighted by Crippen LogP contribution is -2.21. The van der Waals surface area contributed by atoms with Gasteiger partial charge in [-0.3, -0.25) is 4.79 Å². The van der Waals surface area contributed by atoms with Crippen LogP contribution in [-0.4, -0.2) is 12.5 Å². The summed E-state index contributed by atoms with van der Waals surface area (Å²) in [6.45, 7) is 29.5. The average Bonchev–Trinajstić information content (AvgIpc) is 3.07. The van der Waals surface area contributed by atoms with Gasteiger partial charge in [-0.25, -0.2) is 0 Å². The third kappa shape index (κ3) is 7.76. The van der Waals surface area contributed by atoms with Crippen LogP contribution in [-0.2, 0) is 21.7 Å². The summed E-state index contributed by atoms with van der Waals surface area (Å²) in [5.74, 6) is 0.0449. The van der Waals surface area contributed by atoms with Crippen molar-refractivity contribution < 1.29 is 4.79 Å². The van der Waals surface area contributed by atoms with Gasteiger partial charge in [0, 0.05) is 11.4 Å². The van der Waals surface area contributed by atoms with Gasteiger partial charge in [0.1, 0.15) is 0 Å². The predicted molar refractivity (Wildman–Crippen MR) is 144 cm³/mol. The Hall–Kier alpha value is -1.61. The van der Waals surface area contributed by atoms with Crippen molar-refractivity contribution in [2.75, 3.05) is 6.54 Å². The summed E-state index contributed by atoms with van der Waals surface area (Å²) in [5.41, 5.74) is 4.86. The zero-order valence-corrected chi connectivity index (χ0v) is 23.7. The molecule has 0 radical (unpaired) electrons. The number of carbonyl (C=O) groups excluding carboxylic acids is 1. The fraction of sp³-hybridized carbons (Fsp3) is 0.621. The maximum atomic E-state index is 12.0. The van der Waals surface area contributed by atoms with Gasteiger partial charge in [-0.05, 0) is 51.3 Å². The number of carbonyl (C=O) groups is 1. The molecular formula is C29H47NOS. The smallest absolute Gasteiger partial charge is 0.261 e. The van der Waals surface area contributed by atoms with Gasteiger partial charge in [-0.2, -0.15) is 0 Å². The van der Waals surface area contributed by atoms with Gasteiger partial charge in [0.2, 0.25) is 0 Å². The summed E-state index contributed by atoms with van der Waals surface area (Å²) in [5, 5.41) is 2.88. The highest BCUT2D eigenvalue weighted by Crippen LogP contribution is 2.39. The molecule has 0 aliphatic rings. The van der Waals surface area contributed by atoms with Crippen molar-refractivity contribution in [2.24, 2.45) is 0 Å². The van der Waals surface area contributed by atoms with Crippen LogP contribution in [0.2, 0.25) is 0 Å². The second-order valence-corrected chi connectivity index (χ2v) is 13.8. The Kier molecular flexibility index (Phi) is 8.99. The van der Waals surface area contributed by atoms with E-state index < -0.39 is 0 Å². The van der Waals surface area contributed by atoms with E-state index in [2.05, 4.69) is 119 Å². The van der Waals surface area contributed by atoms with E-state index in [1.54, 1.807) is 11.3 Å². The maximum Gasteiger partial charge on any atom is 0.261 e. The fourth-order valence-electron chi connectivity index (χ4n) is 3.66. The predicted octanol–water partition coefficient (Wildman–Crippen LogP) is 8.37. The first-order chi connectivity index (χ1) is 14.3. The summed E-state index contributed by atoms with van der Waals surface area (Å²) in [7, 11) is 0. The quantitative estimate of drug-likeness (QED) is 0.482. The molecule has 2 rings (SSSR count). The van der Waals surface area contributed by atoms with Crippen molar-refractivity contribution in [3.05, 3.63) is 56.8 Å². The van der Waals surface area contributed by atoms with Crippen LogP contribution in [0.25, 0.3) is 0 Å². The van der Waals surface area contributed by atoms with Crippen molar-refractivity contribution in [2.45, 2.75) is 112 Å². The highest BCUT2D eigenvalue weighted by Gasteiger charge is 2.29. The van der Waals surface area contributed by atoms with Crippen molar-refractivity contribution in [3.8, 4) is 0 Å². The number of nitrogens with one attached hydrogen (secondary N) is 1. The highest BCUT2D eigenvalue weighted by atomic mass is 32.1. The summed E-state index contributed by atoms with van der Waals surface area (Å²) in [6, 6.07) is 10.8. The van der Waals surface area contributed by atoms with E-state index in [-0.39, 0.29) is 27.6 Å². The van der Waals surface area contributed by atoms with Gasteiger partial charge in [0.25, 0.3) is 5.91 Å². The van der Waals surface area contributed by atoms with Gasteiger partial charge in [-0.15, -0.1) is 11.3 Å². The molecule has 0 bridgehead atoms. The van der Waals surface area contributed by atoms with E-state index in [4.69, 9.17) is 0 Å². The zero-order chi connectivity index (χ0) is 25.1. The third-order valence-electron chi connectivity index (χ3n) is 5.33.